The van der Waals surface area contributed by atoms with Crippen LogP contribution in [0, 0.1) is 26.7 Å². The zero-order valence-corrected chi connectivity index (χ0v) is 12.0. The molecular formula is C13H18N2O2S. The average molecular weight is 266 g/mol. The molecule has 1 atom stereocenters. The highest BCUT2D eigenvalue weighted by Gasteiger charge is 2.38. The van der Waals surface area contributed by atoms with Crippen LogP contribution in [0.25, 0.3) is 0 Å². The summed E-state index contributed by atoms with van der Waals surface area (Å²) < 4.78 is 4.85. The second-order valence-electron chi connectivity index (χ2n) is 4.70. The predicted molar refractivity (Wildman–Crippen MR) is 70.6 cm³/mol. The predicted octanol–water partition coefficient (Wildman–Crippen LogP) is 2.45. The summed E-state index contributed by atoms with van der Waals surface area (Å²) in [6, 6.07) is 0. The van der Waals surface area contributed by atoms with Crippen LogP contribution in [0.5, 0.6) is 0 Å². The molecule has 0 aliphatic heterocycles. The van der Waals surface area contributed by atoms with E-state index in [-0.39, 0.29) is 11.2 Å². The maximum Gasteiger partial charge on any atom is 0.319 e. The second-order valence-corrected chi connectivity index (χ2v) is 5.81. The van der Waals surface area contributed by atoms with Gasteiger partial charge in [-0.1, -0.05) is 11.8 Å². The van der Waals surface area contributed by atoms with E-state index in [0.717, 1.165) is 29.8 Å². The molecule has 2 rings (SSSR count). The molecule has 98 valence electrons. The third-order valence-electron chi connectivity index (χ3n) is 3.33. The Kier molecular flexibility index (Phi) is 3.90. The van der Waals surface area contributed by atoms with Crippen molar-refractivity contribution in [1.29, 1.82) is 0 Å². The zero-order valence-electron chi connectivity index (χ0n) is 11.2. The monoisotopic (exact) mass is 266 g/mol. The van der Waals surface area contributed by atoms with Crippen molar-refractivity contribution in [3.05, 3.63) is 17.0 Å². The van der Waals surface area contributed by atoms with Gasteiger partial charge in [0.2, 0.25) is 0 Å². The van der Waals surface area contributed by atoms with Gasteiger partial charge in [0.25, 0.3) is 0 Å². The number of carbonyl (C=O) groups is 1. The van der Waals surface area contributed by atoms with Crippen LogP contribution in [-0.2, 0) is 9.53 Å². The number of hydrogen-bond donors (Lipinski definition) is 0. The highest BCUT2D eigenvalue weighted by atomic mass is 32.2. The molecule has 1 saturated carbocycles. The van der Waals surface area contributed by atoms with Crippen LogP contribution in [0.3, 0.4) is 0 Å². The van der Waals surface area contributed by atoms with Crippen molar-refractivity contribution in [3.8, 4) is 0 Å². The van der Waals surface area contributed by atoms with Crippen molar-refractivity contribution < 1.29 is 9.53 Å². The number of nitrogens with zero attached hydrogens (tertiary/aromatic N) is 2. The fourth-order valence-corrected chi connectivity index (χ4v) is 3.02. The van der Waals surface area contributed by atoms with Gasteiger partial charge in [-0.25, -0.2) is 9.97 Å². The summed E-state index contributed by atoms with van der Waals surface area (Å²) in [7, 11) is 1.44. The van der Waals surface area contributed by atoms with E-state index in [1.807, 2.05) is 20.8 Å². The molecule has 0 N–H and O–H groups in total. The summed E-state index contributed by atoms with van der Waals surface area (Å²) in [6.45, 7) is 5.95. The number of carbonyl (C=O) groups excluding carboxylic acids is 1. The number of esters is 1. The number of aryl methyl sites for hydroxylation is 2. The van der Waals surface area contributed by atoms with E-state index < -0.39 is 0 Å². The lowest BCUT2D eigenvalue weighted by Gasteiger charge is -2.13. The minimum absolute atomic E-state index is 0.156. The highest BCUT2D eigenvalue weighted by molar-refractivity contribution is 8.00. The van der Waals surface area contributed by atoms with Gasteiger partial charge < -0.3 is 4.74 Å². The molecule has 1 aliphatic carbocycles. The number of rotatable bonds is 4. The van der Waals surface area contributed by atoms with Gasteiger partial charge in [-0.3, -0.25) is 4.79 Å². The first-order chi connectivity index (χ1) is 8.52. The summed E-state index contributed by atoms with van der Waals surface area (Å²) in [5.41, 5.74) is 3.06. The van der Waals surface area contributed by atoms with E-state index in [2.05, 4.69) is 9.97 Å². The normalized spacial score (nSPS) is 16.4. The first-order valence-corrected chi connectivity index (χ1v) is 6.97. The maximum absolute atomic E-state index is 11.7. The maximum atomic E-state index is 11.7. The lowest BCUT2D eigenvalue weighted by Crippen LogP contribution is -2.21. The Morgan fingerprint density at radius 1 is 1.28 bits per heavy atom. The van der Waals surface area contributed by atoms with E-state index in [4.69, 9.17) is 4.74 Å². The van der Waals surface area contributed by atoms with Crippen molar-refractivity contribution in [2.45, 2.75) is 44.0 Å². The molecule has 5 heteroatoms. The van der Waals surface area contributed by atoms with E-state index in [0.29, 0.717) is 11.1 Å². The van der Waals surface area contributed by atoms with E-state index in [1.165, 1.54) is 18.9 Å². The van der Waals surface area contributed by atoms with Gasteiger partial charge in [0.05, 0.1) is 7.11 Å². The van der Waals surface area contributed by atoms with Crippen LogP contribution in [0.1, 0.15) is 29.8 Å². The summed E-state index contributed by atoms with van der Waals surface area (Å²) in [5.74, 6) is 0.259. The Balaban J connectivity index is 2.18. The molecule has 1 unspecified atom stereocenters. The number of aromatic nitrogens is 2. The molecule has 0 saturated heterocycles. The fraction of sp³-hybridized carbons (Fsp3) is 0.615. The second kappa shape index (κ2) is 5.26. The van der Waals surface area contributed by atoms with E-state index in [9.17, 15) is 4.79 Å². The lowest BCUT2D eigenvalue weighted by atomic mass is 10.2. The van der Waals surface area contributed by atoms with Gasteiger partial charge >= 0.3 is 5.97 Å². The Labute approximate surface area is 112 Å². The Hall–Kier alpha value is -1.10. The summed E-state index contributed by atoms with van der Waals surface area (Å²) >= 11 is 1.43. The van der Waals surface area contributed by atoms with Crippen LogP contribution < -0.4 is 0 Å². The number of ether oxygens (including phenoxy) is 1. The molecular weight excluding hydrogens is 248 g/mol. The van der Waals surface area contributed by atoms with Gasteiger partial charge in [-0.15, -0.1) is 0 Å². The highest BCUT2D eigenvalue weighted by Crippen LogP contribution is 2.41. The van der Waals surface area contributed by atoms with Crippen molar-refractivity contribution >= 4 is 17.7 Å². The quantitative estimate of drug-likeness (QED) is 0.476. The van der Waals surface area contributed by atoms with Crippen LogP contribution in [-0.4, -0.2) is 28.3 Å². The number of hydrogen-bond acceptors (Lipinski definition) is 5. The third kappa shape index (κ3) is 2.83. The van der Waals surface area contributed by atoms with Crippen molar-refractivity contribution in [3.63, 3.8) is 0 Å². The summed E-state index contributed by atoms with van der Waals surface area (Å²) in [6.07, 6.45) is 2.19. The summed E-state index contributed by atoms with van der Waals surface area (Å²) in [4.78, 5) is 20.6. The van der Waals surface area contributed by atoms with Gasteiger partial charge in [0, 0.05) is 11.4 Å². The van der Waals surface area contributed by atoms with E-state index >= 15 is 0 Å². The molecule has 18 heavy (non-hydrogen) atoms. The third-order valence-corrected chi connectivity index (χ3v) is 4.55. The number of thioether (sulfide) groups is 1. The standard InChI is InChI=1S/C13H18N2O2S/c1-7-8(2)14-13(15-9(7)3)18-11(10-5-6-10)12(16)17-4/h10-11H,5-6H2,1-4H3. The molecule has 0 bridgehead atoms. The van der Waals surface area contributed by atoms with Crippen LogP contribution >= 0.6 is 11.8 Å². The Morgan fingerprint density at radius 2 is 1.83 bits per heavy atom. The van der Waals surface area contributed by atoms with Crippen LogP contribution in [0.2, 0.25) is 0 Å². The fourth-order valence-electron chi connectivity index (χ4n) is 1.76. The SMILES string of the molecule is COC(=O)C(Sc1nc(C)c(C)c(C)n1)C1CC1. The first kappa shape index (κ1) is 13.3. The molecule has 4 nitrogen and oxygen atoms in total. The van der Waals surface area contributed by atoms with Crippen LogP contribution in [0.4, 0.5) is 0 Å². The topological polar surface area (TPSA) is 52.1 Å². The smallest absolute Gasteiger partial charge is 0.319 e. The largest absolute Gasteiger partial charge is 0.468 e. The molecule has 1 aromatic rings. The molecule has 0 aromatic carbocycles. The first-order valence-electron chi connectivity index (χ1n) is 6.09. The average Bonchev–Trinajstić information content (AvgIpc) is 3.16. The Bertz CT molecular complexity index is 449. The molecule has 1 heterocycles. The van der Waals surface area contributed by atoms with Gasteiger partial charge in [-0.05, 0) is 45.1 Å². The summed E-state index contributed by atoms with van der Waals surface area (Å²) in [5, 5.41) is 0.523. The van der Waals surface area contributed by atoms with Crippen molar-refractivity contribution in [2.24, 2.45) is 5.92 Å². The molecule has 1 fully saturated rings. The van der Waals surface area contributed by atoms with Gasteiger partial charge in [-0.2, -0.15) is 0 Å². The van der Waals surface area contributed by atoms with Crippen molar-refractivity contribution in [2.75, 3.05) is 7.11 Å². The van der Waals surface area contributed by atoms with Gasteiger partial charge in [0.15, 0.2) is 5.16 Å². The molecule has 0 spiro atoms. The number of methoxy groups -OCH3 is 1. The zero-order chi connectivity index (χ0) is 13.3. The molecule has 1 aliphatic rings. The minimum Gasteiger partial charge on any atom is -0.468 e. The molecule has 0 radical (unpaired) electrons. The Morgan fingerprint density at radius 3 is 2.28 bits per heavy atom. The van der Waals surface area contributed by atoms with Crippen LogP contribution in [0.15, 0.2) is 5.16 Å². The van der Waals surface area contributed by atoms with Gasteiger partial charge in [0.1, 0.15) is 5.25 Å². The van der Waals surface area contributed by atoms with E-state index in [1.54, 1.807) is 0 Å². The molecule has 1 aromatic heterocycles. The lowest BCUT2D eigenvalue weighted by molar-refractivity contribution is -0.140. The van der Waals surface area contributed by atoms with Crippen molar-refractivity contribution in [1.82, 2.24) is 9.97 Å². The molecule has 0 amide bonds. The minimum atomic E-state index is -0.165.